The number of hydrogen-bond acceptors (Lipinski definition) is 5. The van der Waals surface area contributed by atoms with Gasteiger partial charge in [0, 0.05) is 19.2 Å². The second-order valence-corrected chi connectivity index (χ2v) is 6.51. The maximum absolute atomic E-state index is 10.8. The zero-order valence-electron chi connectivity index (χ0n) is 16.1. The number of rotatable bonds is 7. The van der Waals surface area contributed by atoms with E-state index in [4.69, 9.17) is 4.42 Å². The fourth-order valence-corrected chi connectivity index (χ4v) is 2.60. The number of aliphatic hydroxyl groups is 1. The summed E-state index contributed by atoms with van der Waals surface area (Å²) in [6, 6.07) is 1.85. The van der Waals surface area contributed by atoms with Gasteiger partial charge in [-0.15, -0.1) is 16.8 Å². The zero-order valence-corrected chi connectivity index (χ0v) is 16.1. The highest BCUT2D eigenvalue weighted by Crippen LogP contribution is 2.26. The van der Waals surface area contributed by atoms with Gasteiger partial charge in [0.05, 0.1) is 6.54 Å². The van der Waals surface area contributed by atoms with Crippen molar-refractivity contribution in [1.29, 1.82) is 0 Å². The highest BCUT2D eigenvalue weighted by atomic mass is 16.3. The van der Waals surface area contributed by atoms with E-state index in [2.05, 4.69) is 32.4 Å². The van der Waals surface area contributed by atoms with Crippen molar-refractivity contribution in [2.45, 2.75) is 39.8 Å². The van der Waals surface area contributed by atoms with Gasteiger partial charge in [-0.05, 0) is 33.8 Å². The lowest BCUT2D eigenvalue weighted by atomic mass is 9.96. The number of nitrogens with one attached hydrogen (secondary N) is 2. The van der Waals surface area contributed by atoms with E-state index in [0.29, 0.717) is 24.8 Å². The van der Waals surface area contributed by atoms with Gasteiger partial charge in [0.15, 0.2) is 11.8 Å². The maximum atomic E-state index is 10.8. The molecule has 0 aliphatic carbocycles. The van der Waals surface area contributed by atoms with Gasteiger partial charge < -0.3 is 24.7 Å². The second-order valence-electron chi connectivity index (χ2n) is 6.51. The SMILES string of the molecule is C=CCNC(=NCc1nnc(C)n1C)NCC(C)(O)c1cc(C)oc1C. The Morgan fingerprint density at radius 2 is 2.12 bits per heavy atom. The van der Waals surface area contributed by atoms with E-state index in [1.165, 1.54) is 0 Å². The Morgan fingerprint density at radius 3 is 2.65 bits per heavy atom. The molecule has 0 radical (unpaired) electrons. The summed E-state index contributed by atoms with van der Waals surface area (Å²) in [6.07, 6.45) is 1.74. The minimum Gasteiger partial charge on any atom is -0.466 e. The first-order chi connectivity index (χ1) is 12.2. The molecule has 1 unspecified atom stereocenters. The first kappa shape index (κ1) is 19.7. The molecule has 8 nitrogen and oxygen atoms in total. The topological polar surface area (TPSA) is 100 Å². The van der Waals surface area contributed by atoms with Gasteiger partial charge in [-0.2, -0.15) is 0 Å². The second kappa shape index (κ2) is 8.18. The highest BCUT2D eigenvalue weighted by molar-refractivity contribution is 5.80. The van der Waals surface area contributed by atoms with E-state index >= 15 is 0 Å². The van der Waals surface area contributed by atoms with E-state index < -0.39 is 5.60 Å². The summed E-state index contributed by atoms with van der Waals surface area (Å²) >= 11 is 0. The van der Waals surface area contributed by atoms with Crippen LogP contribution in [0.15, 0.2) is 28.1 Å². The largest absolute Gasteiger partial charge is 0.466 e. The molecule has 2 aromatic rings. The molecule has 2 heterocycles. The Labute approximate surface area is 154 Å². The van der Waals surface area contributed by atoms with E-state index in [9.17, 15) is 5.11 Å². The predicted octanol–water partition coefficient (Wildman–Crippen LogP) is 1.46. The van der Waals surface area contributed by atoms with Crippen LogP contribution in [0.5, 0.6) is 0 Å². The van der Waals surface area contributed by atoms with Crippen LogP contribution in [-0.2, 0) is 19.2 Å². The van der Waals surface area contributed by atoms with E-state index in [1.54, 1.807) is 13.0 Å². The molecule has 26 heavy (non-hydrogen) atoms. The van der Waals surface area contributed by atoms with E-state index in [0.717, 1.165) is 23.0 Å². The number of nitrogens with zero attached hydrogens (tertiary/aromatic N) is 4. The third-order valence-electron chi connectivity index (χ3n) is 4.20. The number of hydrogen-bond donors (Lipinski definition) is 3. The van der Waals surface area contributed by atoms with Crippen molar-refractivity contribution in [3.63, 3.8) is 0 Å². The molecule has 0 aliphatic heterocycles. The Bertz CT molecular complexity index is 788. The summed E-state index contributed by atoms with van der Waals surface area (Å²) < 4.78 is 7.42. The van der Waals surface area contributed by atoms with Gasteiger partial charge in [0.25, 0.3) is 0 Å². The molecule has 0 amide bonds. The standard InChI is InChI=1S/C18H28N6O2/c1-7-8-19-17(20-10-16-23-22-14(4)24(16)6)21-11-18(5,25)15-9-12(2)26-13(15)3/h7,9,25H,1,8,10-11H2,2-6H3,(H2,19,20,21). The number of furan rings is 1. The fraction of sp³-hybridized carbons (Fsp3) is 0.500. The van der Waals surface area contributed by atoms with Crippen LogP contribution < -0.4 is 10.6 Å². The molecule has 0 bridgehead atoms. The Morgan fingerprint density at radius 1 is 1.38 bits per heavy atom. The van der Waals surface area contributed by atoms with E-state index in [-0.39, 0.29) is 6.54 Å². The lowest BCUT2D eigenvalue weighted by molar-refractivity contribution is 0.0602. The van der Waals surface area contributed by atoms with Crippen LogP contribution >= 0.6 is 0 Å². The third-order valence-corrected chi connectivity index (χ3v) is 4.20. The number of aromatic nitrogens is 3. The van der Waals surface area contributed by atoms with Crippen molar-refractivity contribution < 1.29 is 9.52 Å². The molecular weight excluding hydrogens is 332 g/mol. The summed E-state index contributed by atoms with van der Waals surface area (Å²) in [4.78, 5) is 4.52. The van der Waals surface area contributed by atoms with Crippen LogP contribution in [0, 0.1) is 20.8 Å². The molecule has 0 spiro atoms. The van der Waals surface area contributed by atoms with Crippen molar-refractivity contribution in [1.82, 2.24) is 25.4 Å². The lowest BCUT2D eigenvalue weighted by Gasteiger charge is -2.24. The van der Waals surface area contributed by atoms with Crippen molar-refractivity contribution in [3.05, 3.63) is 47.5 Å². The first-order valence-corrected chi connectivity index (χ1v) is 8.52. The average molecular weight is 360 g/mol. The third kappa shape index (κ3) is 4.72. The Kier molecular flexibility index (Phi) is 6.20. The predicted molar refractivity (Wildman–Crippen MR) is 101 cm³/mol. The highest BCUT2D eigenvalue weighted by Gasteiger charge is 2.27. The summed E-state index contributed by atoms with van der Waals surface area (Å²) in [5.41, 5.74) is -0.339. The summed E-state index contributed by atoms with van der Waals surface area (Å²) in [5.74, 6) is 3.63. The molecule has 142 valence electrons. The molecule has 1 atom stereocenters. The number of aryl methyl sites for hydroxylation is 3. The summed E-state index contributed by atoms with van der Waals surface area (Å²) in [6.45, 7) is 12.2. The van der Waals surface area contributed by atoms with Gasteiger partial charge >= 0.3 is 0 Å². The summed E-state index contributed by atoms with van der Waals surface area (Å²) in [7, 11) is 1.90. The molecule has 2 rings (SSSR count). The average Bonchev–Trinajstić information content (AvgIpc) is 3.09. The van der Waals surface area contributed by atoms with Gasteiger partial charge in [-0.3, -0.25) is 0 Å². The monoisotopic (exact) mass is 360 g/mol. The Balaban J connectivity index is 2.09. The minimum absolute atomic E-state index is 0.271. The zero-order chi connectivity index (χ0) is 19.3. The molecule has 0 saturated heterocycles. The van der Waals surface area contributed by atoms with Gasteiger partial charge in [0.1, 0.15) is 29.5 Å². The molecular formula is C18H28N6O2. The fourth-order valence-electron chi connectivity index (χ4n) is 2.60. The lowest BCUT2D eigenvalue weighted by Crippen LogP contribution is -2.44. The van der Waals surface area contributed by atoms with Crippen molar-refractivity contribution in [3.8, 4) is 0 Å². The molecule has 3 N–H and O–H groups in total. The maximum Gasteiger partial charge on any atom is 0.192 e. The van der Waals surface area contributed by atoms with Gasteiger partial charge in [0.2, 0.25) is 0 Å². The first-order valence-electron chi connectivity index (χ1n) is 8.52. The van der Waals surface area contributed by atoms with Crippen LogP contribution in [0.4, 0.5) is 0 Å². The van der Waals surface area contributed by atoms with Crippen molar-refractivity contribution in [2.75, 3.05) is 13.1 Å². The quantitative estimate of drug-likeness (QED) is 0.393. The van der Waals surface area contributed by atoms with E-state index in [1.807, 2.05) is 38.5 Å². The van der Waals surface area contributed by atoms with Crippen molar-refractivity contribution >= 4 is 5.96 Å². The molecule has 0 aromatic carbocycles. The van der Waals surface area contributed by atoms with Crippen LogP contribution in [-0.4, -0.2) is 38.9 Å². The van der Waals surface area contributed by atoms with Crippen LogP contribution in [0.3, 0.4) is 0 Å². The van der Waals surface area contributed by atoms with Crippen LogP contribution in [0.25, 0.3) is 0 Å². The normalized spacial score (nSPS) is 14.2. The molecule has 0 aliphatic rings. The van der Waals surface area contributed by atoms with Gasteiger partial charge in [-0.1, -0.05) is 6.08 Å². The van der Waals surface area contributed by atoms with Gasteiger partial charge in [-0.25, -0.2) is 4.99 Å². The summed E-state index contributed by atoms with van der Waals surface area (Å²) in [5, 5.41) is 25.3. The minimum atomic E-state index is -1.10. The van der Waals surface area contributed by atoms with Crippen LogP contribution in [0.1, 0.15) is 35.7 Å². The smallest absolute Gasteiger partial charge is 0.192 e. The van der Waals surface area contributed by atoms with Crippen molar-refractivity contribution in [2.24, 2.45) is 12.0 Å². The Hall–Kier alpha value is -2.61. The number of guanidine groups is 1. The molecule has 0 fully saturated rings. The molecule has 8 heteroatoms. The molecule has 0 saturated carbocycles. The molecule has 2 aromatic heterocycles. The number of aliphatic imine (C=N–C) groups is 1. The van der Waals surface area contributed by atoms with Crippen LogP contribution in [0.2, 0.25) is 0 Å².